The Morgan fingerprint density at radius 3 is 1.55 bits per heavy atom. The molecule has 14 heteroatoms. The van der Waals surface area contributed by atoms with E-state index >= 15 is 0 Å². The minimum Gasteiger partial charge on any atom is -0.464 e. The minimum atomic E-state index is -0.615. The molecule has 0 aliphatic carbocycles. The summed E-state index contributed by atoms with van der Waals surface area (Å²) in [4.78, 5) is 54.4. The average Bonchev–Trinajstić information content (AvgIpc) is 3.54. The standard InChI is InChI=1S/C15H26N4O4.C15H27NO5/c1-5-22-13(20)12-9-11(7-6-8-17-18-16)10-19(12)14(21)23-15(2,3)4;1-5-20-13(18)12-9-11(7-6-8-17)10-16(12)14(19)21-15(2,3)4/h11-12H,5-10H2,1-4H3;11-12,17H,5-10H2,1-4H3/t2*11?,12-/m00/s1. The molecule has 2 aliphatic rings. The van der Waals surface area contributed by atoms with Gasteiger partial charge in [-0.2, -0.15) is 0 Å². The topological polar surface area (TPSA) is 181 Å². The molecule has 2 saturated heterocycles. The lowest BCUT2D eigenvalue weighted by molar-refractivity contribution is -0.149. The van der Waals surface area contributed by atoms with Gasteiger partial charge in [0.1, 0.15) is 23.3 Å². The lowest BCUT2D eigenvalue weighted by Crippen LogP contribution is -2.44. The number of azide groups is 1. The molecular formula is C30H53N5O9. The number of aliphatic hydroxyl groups excluding tert-OH is 1. The molecule has 0 radical (unpaired) electrons. The van der Waals surface area contributed by atoms with Gasteiger partial charge < -0.3 is 24.1 Å². The summed E-state index contributed by atoms with van der Waals surface area (Å²) in [7, 11) is 0. The van der Waals surface area contributed by atoms with Crippen LogP contribution in [0.15, 0.2) is 5.11 Å². The summed E-state index contributed by atoms with van der Waals surface area (Å²) in [5, 5.41) is 12.4. The first kappa shape index (κ1) is 38.8. The molecule has 0 aromatic rings. The van der Waals surface area contributed by atoms with E-state index in [-0.39, 0.29) is 31.0 Å². The molecule has 0 aromatic carbocycles. The van der Waals surface area contributed by atoms with Gasteiger partial charge in [0.05, 0.1) is 13.2 Å². The molecule has 2 fully saturated rings. The van der Waals surface area contributed by atoms with E-state index in [0.717, 1.165) is 19.3 Å². The summed E-state index contributed by atoms with van der Waals surface area (Å²) < 4.78 is 20.9. The third kappa shape index (κ3) is 14.0. The summed E-state index contributed by atoms with van der Waals surface area (Å²) >= 11 is 0. The maximum Gasteiger partial charge on any atom is 0.411 e. The maximum atomic E-state index is 12.3. The van der Waals surface area contributed by atoms with Crippen molar-refractivity contribution >= 4 is 24.1 Å². The van der Waals surface area contributed by atoms with E-state index in [1.807, 2.05) is 0 Å². The highest BCUT2D eigenvalue weighted by Crippen LogP contribution is 2.30. The number of esters is 2. The highest BCUT2D eigenvalue weighted by molar-refractivity contribution is 5.83. The fourth-order valence-corrected chi connectivity index (χ4v) is 5.11. The average molecular weight is 628 g/mol. The molecule has 2 amide bonds. The molecule has 2 heterocycles. The fraction of sp³-hybridized carbons (Fsp3) is 0.867. The van der Waals surface area contributed by atoms with Crippen molar-refractivity contribution in [1.29, 1.82) is 0 Å². The van der Waals surface area contributed by atoms with Crippen LogP contribution in [0, 0.1) is 11.8 Å². The van der Waals surface area contributed by atoms with Gasteiger partial charge in [0, 0.05) is 31.2 Å². The van der Waals surface area contributed by atoms with E-state index < -0.39 is 41.4 Å². The number of hydrogen-bond acceptors (Lipinski definition) is 10. The summed E-state index contributed by atoms with van der Waals surface area (Å²) in [6.07, 6.45) is 3.11. The zero-order chi connectivity index (χ0) is 33.5. The number of nitrogens with zero attached hydrogens (tertiary/aromatic N) is 5. The second-order valence-corrected chi connectivity index (χ2v) is 13.0. The summed E-state index contributed by atoms with van der Waals surface area (Å²) in [5.41, 5.74) is 7.07. The van der Waals surface area contributed by atoms with Gasteiger partial charge in [0.2, 0.25) is 0 Å². The van der Waals surface area contributed by atoms with E-state index in [0.29, 0.717) is 45.5 Å². The summed E-state index contributed by atoms with van der Waals surface area (Å²) in [6, 6.07) is -1.18. The molecule has 2 unspecified atom stereocenters. The van der Waals surface area contributed by atoms with E-state index in [9.17, 15) is 19.2 Å². The first-order valence-corrected chi connectivity index (χ1v) is 15.5. The second-order valence-electron chi connectivity index (χ2n) is 13.0. The maximum absolute atomic E-state index is 12.3. The van der Waals surface area contributed by atoms with Crippen LogP contribution in [0.3, 0.4) is 0 Å². The van der Waals surface area contributed by atoms with Gasteiger partial charge in [-0.15, -0.1) is 0 Å². The van der Waals surface area contributed by atoms with Gasteiger partial charge >= 0.3 is 24.1 Å². The molecule has 2 rings (SSSR count). The number of carbonyl (C=O) groups is 4. The molecule has 0 spiro atoms. The minimum absolute atomic E-state index is 0.118. The van der Waals surface area contributed by atoms with Crippen LogP contribution in [-0.4, -0.2) is 102 Å². The Hall–Kier alpha value is -3.25. The Labute approximate surface area is 261 Å². The molecule has 0 aromatic heterocycles. The van der Waals surface area contributed by atoms with Gasteiger partial charge in [0.15, 0.2) is 0 Å². The smallest absolute Gasteiger partial charge is 0.411 e. The highest BCUT2D eigenvalue weighted by atomic mass is 16.6. The predicted molar refractivity (Wildman–Crippen MR) is 163 cm³/mol. The van der Waals surface area contributed by atoms with Crippen LogP contribution in [0.5, 0.6) is 0 Å². The number of amides is 2. The Balaban J connectivity index is 0.000000442. The normalized spacial score (nSPS) is 21.5. The molecular weight excluding hydrogens is 574 g/mol. The van der Waals surface area contributed by atoms with E-state index in [1.165, 1.54) is 9.80 Å². The molecule has 252 valence electrons. The second kappa shape index (κ2) is 18.5. The Morgan fingerprint density at radius 2 is 1.20 bits per heavy atom. The van der Waals surface area contributed by atoms with Crippen LogP contribution in [0.25, 0.3) is 10.4 Å². The lowest BCUT2D eigenvalue weighted by Gasteiger charge is -2.27. The van der Waals surface area contributed by atoms with Gasteiger partial charge in [0.25, 0.3) is 0 Å². The van der Waals surface area contributed by atoms with Crippen LogP contribution < -0.4 is 0 Å². The number of ether oxygens (including phenoxy) is 4. The van der Waals surface area contributed by atoms with Gasteiger partial charge in [-0.3, -0.25) is 9.80 Å². The Morgan fingerprint density at radius 1 is 0.795 bits per heavy atom. The van der Waals surface area contributed by atoms with Gasteiger partial charge in [-0.1, -0.05) is 5.11 Å². The predicted octanol–water partition coefficient (Wildman–Crippen LogP) is 5.21. The zero-order valence-electron chi connectivity index (χ0n) is 27.7. The van der Waals surface area contributed by atoms with Crippen molar-refractivity contribution in [3.63, 3.8) is 0 Å². The third-order valence-corrected chi connectivity index (χ3v) is 6.85. The summed E-state index contributed by atoms with van der Waals surface area (Å²) in [5.74, 6) is -0.407. The highest BCUT2D eigenvalue weighted by Gasteiger charge is 2.43. The first-order chi connectivity index (χ1) is 20.6. The lowest BCUT2D eigenvalue weighted by atomic mass is 10.00. The number of rotatable bonds is 11. The van der Waals surface area contributed by atoms with Crippen molar-refractivity contribution in [1.82, 2.24) is 9.80 Å². The quantitative estimate of drug-likeness (QED) is 0.0803. The zero-order valence-corrected chi connectivity index (χ0v) is 27.7. The Bertz CT molecular complexity index is 988. The van der Waals surface area contributed by atoms with Gasteiger partial charge in [-0.25, -0.2) is 19.2 Å². The van der Waals surface area contributed by atoms with Gasteiger partial charge in [-0.05, 0) is 111 Å². The molecule has 2 aliphatic heterocycles. The fourth-order valence-electron chi connectivity index (χ4n) is 5.11. The molecule has 0 bridgehead atoms. The summed E-state index contributed by atoms with van der Waals surface area (Å²) in [6.45, 7) is 16.3. The van der Waals surface area contributed by atoms with E-state index in [1.54, 1.807) is 55.4 Å². The van der Waals surface area contributed by atoms with Crippen molar-refractivity contribution in [3.05, 3.63) is 10.4 Å². The number of hydrogen-bond donors (Lipinski definition) is 1. The first-order valence-electron chi connectivity index (χ1n) is 15.5. The van der Waals surface area contributed by atoms with Crippen LogP contribution >= 0.6 is 0 Å². The van der Waals surface area contributed by atoms with Crippen molar-refractivity contribution in [2.75, 3.05) is 39.5 Å². The number of carbonyl (C=O) groups excluding carboxylic acids is 4. The molecule has 4 atom stereocenters. The SMILES string of the molecule is CCOC(=O)[C@@H]1CC(CCCN=[N+]=[N-])CN1C(=O)OC(C)(C)C.CCOC(=O)[C@@H]1CC(CCCO)CN1C(=O)OC(C)(C)C. The molecule has 44 heavy (non-hydrogen) atoms. The van der Waals surface area contributed by atoms with E-state index in [2.05, 4.69) is 10.0 Å². The largest absolute Gasteiger partial charge is 0.464 e. The van der Waals surface area contributed by atoms with Crippen molar-refractivity contribution in [2.45, 2.75) is 117 Å². The van der Waals surface area contributed by atoms with E-state index in [4.69, 9.17) is 29.6 Å². The van der Waals surface area contributed by atoms with Crippen molar-refractivity contribution in [3.8, 4) is 0 Å². The number of aliphatic hydroxyl groups is 1. The third-order valence-electron chi connectivity index (χ3n) is 6.85. The monoisotopic (exact) mass is 627 g/mol. The van der Waals surface area contributed by atoms with Crippen LogP contribution in [0.4, 0.5) is 9.59 Å². The van der Waals surface area contributed by atoms with Crippen molar-refractivity contribution in [2.24, 2.45) is 17.0 Å². The molecule has 14 nitrogen and oxygen atoms in total. The van der Waals surface area contributed by atoms with Crippen LogP contribution in [0.1, 0.15) is 93.9 Å². The van der Waals surface area contributed by atoms with Crippen molar-refractivity contribution < 1.29 is 43.2 Å². The number of likely N-dealkylation sites (tertiary alicyclic amines) is 2. The Kier molecular flexibility index (Phi) is 16.3. The van der Waals surface area contributed by atoms with Crippen LogP contribution in [-0.2, 0) is 28.5 Å². The molecule has 0 saturated carbocycles. The van der Waals surface area contributed by atoms with Crippen LogP contribution in [0.2, 0.25) is 0 Å². The molecule has 1 N–H and O–H groups in total.